The van der Waals surface area contributed by atoms with E-state index in [1.165, 1.54) is 12.0 Å². The summed E-state index contributed by atoms with van der Waals surface area (Å²) in [6, 6.07) is 2.57. The van der Waals surface area contributed by atoms with Gasteiger partial charge in [0.15, 0.2) is 5.96 Å². The Morgan fingerprint density at radius 3 is 3.05 bits per heavy atom. The second kappa shape index (κ2) is 6.98. The molecule has 3 rings (SSSR count). The number of nitrogens with zero attached hydrogens (tertiary/aromatic N) is 2. The number of thiophene rings is 1. The Morgan fingerprint density at radius 1 is 1.55 bits per heavy atom. The van der Waals surface area contributed by atoms with Crippen molar-refractivity contribution in [2.45, 2.75) is 37.3 Å². The molecule has 2 aliphatic rings. The third-order valence-corrected chi connectivity index (χ3v) is 5.54. The summed E-state index contributed by atoms with van der Waals surface area (Å²) in [5.41, 5.74) is 7.45. The zero-order valence-electron chi connectivity index (χ0n) is 13.2. The van der Waals surface area contributed by atoms with Gasteiger partial charge in [-0.2, -0.15) is 11.3 Å². The summed E-state index contributed by atoms with van der Waals surface area (Å²) in [5, 5.41) is 4.34. The zero-order chi connectivity index (χ0) is 15.4. The molecule has 6 heteroatoms. The predicted molar refractivity (Wildman–Crippen MR) is 89.3 cm³/mol. The standard InChI is InChI=1S/C16H25N3O2S/c1-20-16(5-8-21-9-6-16)12-18-15(17)19-7-2-3-14(19)13-4-10-22-11-13/h4,10-11,14H,2-3,5-9,12H2,1H3,(H2,17,18). The summed E-state index contributed by atoms with van der Waals surface area (Å²) < 4.78 is 11.2. The number of hydrogen-bond acceptors (Lipinski definition) is 4. The summed E-state index contributed by atoms with van der Waals surface area (Å²) in [6.45, 7) is 3.08. The van der Waals surface area contributed by atoms with Crippen LogP contribution in [0.1, 0.15) is 37.3 Å². The lowest BCUT2D eigenvalue weighted by Crippen LogP contribution is -2.43. The minimum Gasteiger partial charge on any atom is -0.381 e. The van der Waals surface area contributed by atoms with Crippen LogP contribution in [0.25, 0.3) is 0 Å². The Labute approximate surface area is 136 Å². The van der Waals surface area contributed by atoms with Gasteiger partial charge < -0.3 is 20.1 Å². The van der Waals surface area contributed by atoms with Gasteiger partial charge in [-0.1, -0.05) is 0 Å². The van der Waals surface area contributed by atoms with E-state index in [0.717, 1.165) is 39.0 Å². The smallest absolute Gasteiger partial charge is 0.191 e. The number of aliphatic imine (C=N–C) groups is 1. The Bertz CT molecular complexity index is 497. The molecule has 0 radical (unpaired) electrons. The molecule has 5 nitrogen and oxygen atoms in total. The molecule has 0 bridgehead atoms. The van der Waals surface area contributed by atoms with E-state index < -0.39 is 0 Å². The lowest BCUT2D eigenvalue weighted by molar-refractivity contribution is -0.0829. The molecule has 1 aromatic rings. The third kappa shape index (κ3) is 3.29. The fourth-order valence-corrected chi connectivity index (χ4v) is 4.05. The van der Waals surface area contributed by atoms with E-state index in [4.69, 9.17) is 15.2 Å². The van der Waals surface area contributed by atoms with Gasteiger partial charge in [-0.15, -0.1) is 0 Å². The van der Waals surface area contributed by atoms with Crippen LogP contribution in [0.2, 0.25) is 0 Å². The predicted octanol–water partition coefficient (Wildman–Crippen LogP) is 2.40. The van der Waals surface area contributed by atoms with Crippen LogP contribution < -0.4 is 5.73 Å². The van der Waals surface area contributed by atoms with E-state index in [2.05, 4.69) is 26.7 Å². The minimum absolute atomic E-state index is 0.208. The maximum atomic E-state index is 6.30. The molecule has 2 fully saturated rings. The minimum atomic E-state index is -0.208. The average Bonchev–Trinajstić information content (AvgIpc) is 3.24. The molecule has 122 valence electrons. The maximum Gasteiger partial charge on any atom is 0.191 e. The number of methoxy groups -OCH3 is 1. The molecular weight excluding hydrogens is 298 g/mol. The van der Waals surface area contributed by atoms with Crippen LogP contribution in [0.15, 0.2) is 21.8 Å². The molecule has 2 N–H and O–H groups in total. The molecule has 0 spiro atoms. The van der Waals surface area contributed by atoms with E-state index in [9.17, 15) is 0 Å². The van der Waals surface area contributed by atoms with Crippen LogP contribution in [0.4, 0.5) is 0 Å². The molecule has 0 amide bonds. The van der Waals surface area contributed by atoms with Gasteiger partial charge in [0.2, 0.25) is 0 Å². The first-order valence-electron chi connectivity index (χ1n) is 7.96. The topological polar surface area (TPSA) is 60.1 Å². The average molecular weight is 323 g/mol. The van der Waals surface area contributed by atoms with Crippen LogP contribution in [-0.4, -0.2) is 49.9 Å². The van der Waals surface area contributed by atoms with Gasteiger partial charge in [0.1, 0.15) is 0 Å². The van der Waals surface area contributed by atoms with E-state index >= 15 is 0 Å². The van der Waals surface area contributed by atoms with Crippen LogP contribution in [0.5, 0.6) is 0 Å². The first-order valence-corrected chi connectivity index (χ1v) is 8.90. The van der Waals surface area contributed by atoms with Gasteiger partial charge in [0, 0.05) is 39.7 Å². The number of likely N-dealkylation sites (tertiary alicyclic amines) is 1. The van der Waals surface area contributed by atoms with Gasteiger partial charge >= 0.3 is 0 Å². The highest BCUT2D eigenvalue weighted by atomic mass is 32.1. The molecule has 2 saturated heterocycles. The number of guanidine groups is 1. The SMILES string of the molecule is COC1(CN=C(N)N2CCCC2c2ccsc2)CCOCC1. The van der Waals surface area contributed by atoms with Gasteiger partial charge in [-0.3, -0.25) is 4.99 Å². The molecule has 0 aliphatic carbocycles. The third-order valence-electron chi connectivity index (χ3n) is 4.84. The quantitative estimate of drug-likeness (QED) is 0.683. The fourth-order valence-electron chi connectivity index (χ4n) is 3.34. The molecule has 2 aliphatic heterocycles. The Hall–Kier alpha value is -1.11. The lowest BCUT2D eigenvalue weighted by atomic mass is 9.94. The fraction of sp³-hybridized carbons (Fsp3) is 0.688. The van der Waals surface area contributed by atoms with Crippen molar-refractivity contribution in [3.8, 4) is 0 Å². The van der Waals surface area contributed by atoms with Crippen molar-refractivity contribution in [3.05, 3.63) is 22.4 Å². The number of nitrogens with two attached hydrogens (primary N) is 1. The van der Waals surface area contributed by atoms with E-state index in [0.29, 0.717) is 18.5 Å². The number of ether oxygens (including phenoxy) is 2. The Balaban J connectivity index is 1.68. The van der Waals surface area contributed by atoms with Crippen molar-refractivity contribution in [3.63, 3.8) is 0 Å². The maximum absolute atomic E-state index is 6.30. The second-order valence-corrected chi connectivity index (χ2v) is 6.86. The van der Waals surface area contributed by atoms with Crippen LogP contribution in [-0.2, 0) is 9.47 Å². The second-order valence-electron chi connectivity index (χ2n) is 6.08. The van der Waals surface area contributed by atoms with Crippen LogP contribution in [0.3, 0.4) is 0 Å². The van der Waals surface area contributed by atoms with Gasteiger partial charge in [0.05, 0.1) is 18.2 Å². The largest absolute Gasteiger partial charge is 0.381 e. The summed E-state index contributed by atoms with van der Waals surface area (Å²) >= 11 is 1.74. The molecule has 1 aromatic heterocycles. The number of rotatable bonds is 4. The molecule has 0 saturated carbocycles. The van der Waals surface area contributed by atoms with Gasteiger partial charge in [-0.25, -0.2) is 0 Å². The first kappa shape index (κ1) is 15.8. The monoisotopic (exact) mass is 323 g/mol. The molecule has 0 aromatic carbocycles. The lowest BCUT2D eigenvalue weighted by Gasteiger charge is -2.35. The molecule has 22 heavy (non-hydrogen) atoms. The Morgan fingerprint density at radius 2 is 2.36 bits per heavy atom. The molecular formula is C16H25N3O2S. The van der Waals surface area contributed by atoms with Crippen molar-refractivity contribution in [2.75, 3.05) is 33.4 Å². The molecule has 1 unspecified atom stereocenters. The van der Waals surface area contributed by atoms with Crippen molar-refractivity contribution >= 4 is 17.3 Å². The van der Waals surface area contributed by atoms with E-state index in [1.807, 2.05) is 0 Å². The van der Waals surface area contributed by atoms with Gasteiger partial charge in [0.25, 0.3) is 0 Å². The van der Waals surface area contributed by atoms with Crippen molar-refractivity contribution in [1.29, 1.82) is 0 Å². The first-order chi connectivity index (χ1) is 10.7. The van der Waals surface area contributed by atoms with Gasteiger partial charge in [-0.05, 0) is 35.2 Å². The summed E-state index contributed by atoms with van der Waals surface area (Å²) in [7, 11) is 1.76. The highest BCUT2D eigenvalue weighted by Gasteiger charge is 2.33. The normalized spacial score (nSPS) is 25.6. The van der Waals surface area contributed by atoms with Crippen molar-refractivity contribution in [1.82, 2.24) is 4.90 Å². The van der Waals surface area contributed by atoms with Crippen molar-refractivity contribution < 1.29 is 9.47 Å². The van der Waals surface area contributed by atoms with Crippen LogP contribution >= 0.6 is 11.3 Å². The van der Waals surface area contributed by atoms with E-state index in [-0.39, 0.29) is 5.60 Å². The highest BCUT2D eigenvalue weighted by molar-refractivity contribution is 7.07. The van der Waals surface area contributed by atoms with E-state index in [1.54, 1.807) is 18.4 Å². The zero-order valence-corrected chi connectivity index (χ0v) is 14.0. The highest BCUT2D eigenvalue weighted by Crippen LogP contribution is 2.33. The summed E-state index contributed by atoms with van der Waals surface area (Å²) in [5.74, 6) is 0.650. The Kier molecular flexibility index (Phi) is 5.00. The molecule has 3 heterocycles. The summed E-state index contributed by atoms with van der Waals surface area (Å²) in [6.07, 6.45) is 4.08. The number of hydrogen-bond donors (Lipinski definition) is 1. The summed E-state index contributed by atoms with van der Waals surface area (Å²) in [4.78, 5) is 6.92. The van der Waals surface area contributed by atoms with Crippen molar-refractivity contribution in [2.24, 2.45) is 10.7 Å². The molecule has 1 atom stereocenters. The van der Waals surface area contributed by atoms with Crippen LogP contribution in [0, 0.1) is 0 Å².